The molecule has 0 saturated heterocycles. The van der Waals surface area contributed by atoms with Crippen LogP contribution < -0.4 is 0 Å². The van der Waals surface area contributed by atoms with Crippen molar-refractivity contribution in [2.45, 2.75) is 0 Å². The van der Waals surface area contributed by atoms with Gasteiger partial charge in [-0.3, -0.25) is 0 Å². The van der Waals surface area contributed by atoms with Crippen molar-refractivity contribution < 1.29 is 8.83 Å². The van der Waals surface area contributed by atoms with Gasteiger partial charge in [0.2, 0.25) is 0 Å². The predicted molar refractivity (Wildman–Crippen MR) is 204 cm³/mol. The van der Waals surface area contributed by atoms with Crippen LogP contribution in [0.25, 0.3) is 104 Å². The number of nitrogens with zero attached hydrogens (tertiary/aromatic N) is 1. The molecule has 3 heteroatoms. The average molecular weight is 626 g/mol. The summed E-state index contributed by atoms with van der Waals surface area (Å²) in [4.78, 5) is 0. The molecule has 11 rings (SSSR count). The zero-order valence-corrected chi connectivity index (χ0v) is 26.4. The van der Waals surface area contributed by atoms with Crippen LogP contribution in [0.4, 0.5) is 0 Å². The van der Waals surface area contributed by atoms with Crippen LogP contribution in [0.15, 0.2) is 173 Å². The summed E-state index contributed by atoms with van der Waals surface area (Å²) in [6.07, 6.45) is 1.78. The molecule has 3 nitrogen and oxygen atoms in total. The fourth-order valence-electron chi connectivity index (χ4n) is 8.24. The summed E-state index contributed by atoms with van der Waals surface area (Å²) in [5.74, 6) is 0. The van der Waals surface area contributed by atoms with Crippen molar-refractivity contribution in [2.24, 2.45) is 0 Å². The van der Waals surface area contributed by atoms with Gasteiger partial charge < -0.3 is 13.4 Å². The number of benzene rings is 8. The number of hydrogen-bond acceptors (Lipinski definition) is 2. The lowest BCUT2D eigenvalue weighted by Crippen LogP contribution is -1.93. The Morgan fingerprint density at radius 3 is 1.76 bits per heavy atom. The second kappa shape index (κ2) is 9.96. The molecule has 0 unspecified atom stereocenters. The Labute approximate surface area is 280 Å². The summed E-state index contributed by atoms with van der Waals surface area (Å²) >= 11 is 0. The first-order valence-corrected chi connectivity index (χ1v) is 16.7. The molecule has 0 aliphatic carbocycles. The molecule has 0 amide bonds. The topological polar surface area (TPSA) is 31.2 Å². The largest absolute Gasteiger partial charge is 0.464 e. The molecule has 11 aromatic rings. The molecule has 8 aromatic carbocycles. The van der Waals surface area contributed by atoms with Crippen LogP contribution in [0.2, 0.25) is 0 Å². The van der Waals surface area contributed by atoms with Gasteiger partial charge in [-0.25, -0.2) is 0 Å². The number of hydrogen-bond donors (Lipinski definition) is 0. The van der Waals surface area contributed by atoms with E-state index in [9.17, 15) is 0 Å². The molecule has 0 N–H and O–H groups in total. The SMILES string of the molecule is c1ccc(-n2c3ccccc3c3cc(-c4c5ccccc5c(-c5cc6occc6c6c5oc5ccccc56)c5ccccc45)ccc32)cc1. The van der Waals surface area contributed by atoms with Crippen molar-refractivity contribution >= 4 is 76.3 Å². The lowest BCUT2D eigenvalue weighted by Gasteiger charge is -2.18. The Kier molecular flexibility index (Phi) is 5.38. The number of para-hydroxylation sites is 3. The summed E-state index contributed by atoms with van der Waals surface area (Å²) < 4.78 is 15.2. The summed E-state index contributed by atoms with van der Waals surface area (Å²) in [6, 6.07) is 56.4. The molecular weight excluding hydrogens is 599 g/mol. The van der Waals surface area contributed by atoms with E-state index >= 15 is 0 Å². The average Bonchev–Trinajstić information content (AvgIpc) is 3.88. The van der Waals surface area contributed by atoms with Crippen LogP contribution in [0.1, 0.15) is 0 Å². The Balaban J connectivity index is 1.25. The number of furan rings is 2. The maximum absolute atomic E-state index is 6.71. The van der Waals surface area contributed by atoms with E-state index in [0.29, 0.717) is 0 Å². The Bertz CT molecular complexity index is 3050. The fourth-order valence-corrected chi connectivity index (χ4v) is 8.24. The molecule has 0 saturated carbocycles. The second-order valence-electron chi connectivity index (χ2n) is 12.8. The van der Waals surface area contributed by atoms with Gasteiger partial charge >= 0.3 is 0 Å². The molecule has 0 aliphatic rings. The molecule has 3 heterocycles. The molecule has 0 aliphatic heterocycles. The summed E-state index contributed by atoms with van der Waals surface area (Å²) in [6.45, 7) is 0. The normalized spacial score (nSPS) is 12.1. The molecule has 0 atom stereocenters. The summed E-state index contributed by atoms with van der Waals surface area (Å²) in [5.41, 5.74) is 10.8. The first-order valence-electron chi connectivity index (χ1n) is 16.7. The standard InChI is InChI=1S/C46H27NO2/c1-2-12-29(13-3-1)47-39-20-10-8-14-30(39)37-26-28(22-23-40(37)47)43-31-15-4-6-17-33(31)44(34-18-7-5-16-32(34)43)38-27-42-36(24-25-48-42)45-35-19-9-11-21-41(35)49-46(38)45/h1-27H. The zero-order valence-electron chi connectivity index (χ0n) is 26.4. The van der Waals surface area contributed by atoms with E-state index < -0.39 is 0 Å². The third-order valence-corrected chi connectivity index (χ3v) is 10.3. The van der Waals surface area contributed by atoms with Gasteiger partial charge in [0.15, 0.2) is 0 Å². The number of aromatic nitrogens is 1. The highest BCUT2D eigenvalue weighted by atomic mass is 16.3. The van der Waals surface area contributed by atoms with Crippen LogP contribution in [-0.2, 0) is 0 Å². The summed E-state index contributed by atoms with van der Waals surface area (Å²) in [7, 11) is 0. The minimum atomic E-state index is 0.853. The van der Waals surface area contributed by atoms with Gasteiger partial charge in [0.05, 0.1) is 17.3 Å². The van der Waals surface area contributed by atoms with Gasteiger partial charge in [-0.2, -0.15) is 0 Å². The predicted octanol–water partition coefficient (Wildman–Crippen LogP) is 13.1. The highest BCUT2D eigenvalue weighted by molar-refractivity contribution is 6.28. The Hall–Kier alpha value is -6.58. The van der Waals surface area contributed by atoms with Crippen molar-refractivity contribution in [3.63, 3.8) is 0 Å². The van der Waals surface area contributed by atoms with E-state index in [0.717, 1.165) is 49.7 Å². The third-order valence-electron chi connectivity index (χ3n) is 10.3. The molecule has 49 heavy (non-hydrogen) atoms. The van der Waals surface area contributed by atoms with E-state index in [4.69, 9.17) is 8.83 Å². The third kappa shape index (κ3) is 3.67. The maximum atomic E-state index is 6.71. The first kappa shape index (κ1) is 26.5. The van der Waals surface area contributed by atoms with Crippen molar-refractivity contribution in [1.82, 2.24) is 4.57 Å². The van der Waals surface area contributed by atoms with Gasteiger partial charge in [0, 0.05) is 43.7 Å². The molecule has 228 valence electrons. The van der Waals surface area contributed by atoms with Gasteiger partial charge in [0.25, 0.3) is 0 Å². The van der Waals surface area contributed by atoms with Crippen LogP contribution in [0.5, 0.6) is 0 Å². The quantitative estimate of drug-likeness (QED) is 0.183. The van der Waals surface area contributed by atoms with Crippen molar-refractivity contribution in [3.8, 4) is 27.9 Å². The van der Waals surface area contributed by atoms with E-state index in [-0.39, 0.29) is 0 Å². The lowest BCUT2D eigenvalue weighted by molar-refractivity contribution is 0.615. The Morgan fingerprint density at radius 2 is 1.00 bits per heavy atom. The fraction of sp³-hybridized carbons (Fsp3) is 0. The Morgan fingerprint density at radius 1 is 0.408 bits per heavy atom. The van der Waals surface area contributed by atoms with E-state index in [1.807, 2.05) is 12.1 Å². The van der Waals surface area contributed by atoms with Crippen molar-refractivity contribution in [1.29, 1.82) is 0 Å². The van der Waals surface area contributed by atoms with Crippen molar-refractivity contribution in [3.05, 3.63) is 164 Å². The number of rotatable bonds is 3. The molecule has 0 radical (unpaired) electrons. The van der Waals surface area contributed by atoms with Crippen LogP contribution >= 0.6 is 0 Å². The summed E-state index contributed by atoms with van der Waals surface area (Å²) in [5, 5.41) is 10.5. The molecular formula is C46H27NO2. The van der Waals surface area contributed by atoms with Crippen molar-refractivity contribution in [2.75, 3.05) is 0 Å². The molecule has 0 fully saturated rings. The minimum absolute atomic E-state index is 0.853. The smallest absolute Gasteiger partial charge is 0.144 e. The lowest BCUT2D eigenvalue weighted by atomic mass is 9.85. The van der Waals surface area contributed by atoms with E-state index in [1.165, 1.54) is 54.5 Å². The number of fused-ring (bicyclic) bond motifs is 10. The molecule has 0 bridgehead atoms. The highest BCUT2D eigenvalue weighted by Gasteiger charge is 2.23. The van der Waals surface area contributed by atoms with Gasteiger partial charge in [0.1, 0.15) is 16.7 Å². The minimum Gasteiger partial charge on any atom is -0.464 e. The van der Waals surface area contributed by atoms with E-state index in [2.05, 4.69) is 150 Å². The highest BCUT2D eigenvalue weighted by Crippen LogP contribution is 2.49. The van der Waals surface area contributed by atoms with Crippen LogP contribution in [0.3, 0.4) is 0 Å². The second-order valence-corrected chi connectivity index (χ2v) is 12.8. The van der Waals surface area contributed by atoms with Gasteiger partial charge in [-0.15, -0.1) is 0 Å². The van der Waals surface area contributed by atoms with Crippen LogP contribution in [-0.4, -0.2) is 4.57 Å². The van der Waals surface area contributed by atoms with Crippen LogP contribution in [0, 0.1) is 0 Å². The van der Waals surface area contributed by atoms with E-state index in [1.54, 1.807) is 6.26 Å². The monoisotopic (exact) mass is 625 g/mol. The van der Waals surface area contributed by atoms with Gasteiger partial charge in [-0.05, 0) is 81.2 Å². The zero-order chi connectivity index (χ0) is 32.1. The molecule has 0 spiro atoms. The molecule has 3 aromatic heterocycles. The maximum Gasteiger partial charge on any atom is 0.144 e. The first-order chi connectivity index (χ1) is 24.3. The van der Waals surface area contributed by atoms with Gasteiger partial charge in [-0.1, -0.05) is 109 Å².